The third-order valence-corrected chi connectivity index (χ3v) is 3.52. The Kier molecular flexibility index (Phi) is 3.28. The Morgan fingerprint density at radius 1 is 1.15 bits per heavy atom. The van der Waals surface area contributed by atoms with Gasteiger partial charge in [0.15, 0.2) is 0 Å². The van der Waals surface area contributed by atoms with Gasteiger partial charge >= 0.3 is 0 Å². The number of nitrogen functional groups attached to an aromatic ring is 1. The number of para-hydroxylation sites is 1. The normalized spacial score (nSPS) is 15.4. The fourth-order valence-electron chi connectivity index (χ4n) is 2.42. The number of nitrogens with zero attached hydrogens (tertiary/aromatic N) is 3. The standard InChI is InChI=1S/C14H17N5O/c15-13-10-12(16-17-13)14(20)19-8-6-18(7-9-19)11-4-2-1-3-5-11/h1-5,10H,6-9H2,(H3,15,16,17). The van der Waals surface area contributed by atoms with Crippen LogP contribution >= 0.6 is 0 Å². The largest absolute Gasteiger partial charge is 0.382 e. The van der Waals surface area contributed by atoms with Crippen molar-refractivity contribution < 1.29 is 4.79 Å². The van der Waals surface area contributed by atoms with Gasteiger partial charge in [-0.2, -0.15) is 5.10 Å². The monoisotopic (exact) mass is 271 g/mol. The van der Waals surface area contributed by atoms with Crippen molar-refractivity contribution in [3.63, 3.8) is 0 Å². The SMILES string of the molecule is Nc1cc(C(=O)N2CCN(c3ccccc3)CC2)[nH]n1. The van der Waals surface area contributed by atoms with Gasteiger partial charge in [-0.1, -0.05) is 18.2 Å². The Bertz CT molecular complexity index is 587. The summed E-state index contributed by atoms with van der Waals surface area (Å²) in [5.74, 6) is 0.304. The molecule has 2 heterocycles. The van der Waals surface area contributed by atoms with E-state index in [2.05, 4.69) is 27.2 Å². The number of H-pyrrole nitrogens is 1. The van der Waals surface area contributed by atoms with Gasteiger partial charge in [-0.3, -0.25) is 9.89 Å². The van der Waals surface area contributed by atoms with Crippen LogP contribution in [-0.4, -0.2) is 47.2 Å². The summed E-state index contributed by atoms with van der Waals surface area (Å²) >= 11 is 0. The fourth-order valence-corrected chi connectivity index (χ4v) is 2.42. The quantitative estimate of drug-likeness (QED) is 0.852. The number of nitrogens with two attached hydrogens (primary N) is 1. The maximum absolute atomic E-state index is 12.2. The van der Waals surface area contributed by atoms with E-state index in [9.17, 15) is 4.79 Å². The van der Waals surface area contributed by atoms with Crippen molar-refractivity contribution in [3.8, 4) is 0 Å². The Labute approximate surface area is 117 Å². The molecule has 0 aliphatic carbocycles. The van der Waals surface area contributed by atoms with Crippen LogP contribution in [0, 0.1) is 0 Å². The second-order valence-electron chi connectivity index (χ2n) is 4.82. The molecule has 1 aliphatic rings. The number of benzene rings is 1. The fraction of sp³-hybridized carbons (Fsp3) is 0.286. The summed E-state index contributed by atoms with van der Waals surface area (Å²) in [5, 5.41) is 6.46. The molecule has 1 aromatic carbocycles. The number of anilines is 2. The summed E-state index contributed by atoms with van der Waals surface area (Å²) in [6.45, 7) is 3.07. The molecule has 1 aromatic heterocycles. The first-order chi connectivity index (χ1) is 9.74. The van der Waals surface area contributed by atoms with Crippen LogP contribution in [0.2, 0.25) is 0 Å². The number of carbonyl (C=O) groups is 1. The van der Waals surface area contributed by atoms with Gasteiger partial charge in [0.05, 0.1) is 0 Å². The van der Waals surface area contributed by atoms with Crippen LogP contribution in [0.3, 0.4) is 0 Å². The second kappa shape index (κ2) is 5.24. The maximum atomic E-state index is 12.2. The summed E-state index contributed by atoms with van der Waals surface area (Å²) in [4.78, 5) is 16.3. The van der Waals surface area contributed by atoms with Crippen LogP contribution in [0.4, 0.5) is 11.5 Å². The van der Waals surface area contributed by atoms with Gasteiger partial charge in [0.25, 0.3) is 5.91 Å². The average molecular weight is 271 g/mol. The number of rotatable bonds is 2. The molecule has 2 aromatic rings. The topological polar surface area (TPSA) is 78.3 Å². The molecule has 0 radical (unpaired) electrons. The summed E-state index contributed by atoms with van der Waals surface area (Å²) in [5.41, 5.74) is 7.18. The Hall–Kier alpha value is -2.50. The molecule has 0 spiro atoms. The first-order valence-corrected chi connectivity index (χ1v) is 6.64. The lowest BCUT2D eigenvalue weighted by molar-refractivity contribution is 0.0741. The van der Waals surface area contributed by atoms with E-state index in [0.29, 0.717) is 24.6 Å². The van der Waals surface area contributed by atoms with Crippen LogP contribution in [-0.2, 0) is 0 Å². The molecule has 1 amide bonds. The van der Waals surface area contributed by atoms with Crippen molar-refractivity contribution >= 4 is 17.4 Å². The molecule has 6 heteroatoms. The van der Waals surface area contributed by atoms with E-state index in [1.54, 1.807) is 6.07 Å². The van der Waals surface area contributed by atoms with Gasteiger partial charge in [0, 0.05) is 37.9 Å². The smallest absolute Gasteiger partial charge is 0.272 e. The van der Waals surface area contributed by atoms with E-state index in [1.165, 1.54) is 5.69 Å². The lowest BCUT2D eigenvalue weighted by atomic mass is 10.2. The van der Waals surface area contributed by atoms with Gasteiger partial charge < -0.3 is 15.5 Å². The van der Waals surface area contributed by atoms with Crippen LogP contribution in [0.25, 0.3) is 0 Å². The second-order valence-corrected chi connectivity index (χ2v) is 4.82. The number of hydrogen-bond acceptors (Lipinski definition) is 4. The minimum atomic E-state index is -0.0399. The molecule has 0 unspecified atom stereocenters. The Morgan fingerprint density at radius 3 is 2.45 bits per heavy atom. The highest BCUT2D eigenvalue weighted by Crippen LogP contribution is 2.16. The van der Waals surface area contributed by atoms with Crippen molar-refractivity contribution in [3.05, 3.63) is 42.1 Å². The highest BCUT2D eigenvalue weighted by Gasteiger charge is 2.23. The molecule has 3 N–H and O–H groups in total. The van der Waals surface area contributed by atoms with Crippen LogP contribution in [0.5, 0.6) is 0 Å². The lowest BCUT2D eigenvalue weighted by Crippen LogP contribution is -2.48. The number of aromatic amines is 1. The first kappa shape index (κ1) is 12.5. The van der Waals surface area contributed by atoms with Gasteiger partial charge in [-0.25, -0.2) is 0 Å². The van der Waals surface area contributed by atoms with Crippen molar-refractivity contribution in [2.24, 2.45) is 0 Å². The van der Waals surface area contributed by atoms with Gasteiger partial charge in [0.2, 0.25) is 0 Å². The number of amides is 1. The van der Waals surface area contributed by atoms with Crippen molar-refractivity contribution in [1.82, 2.24) is 15.1 Å². The maximum Gasteiger partial charge on any atom is 0.272 e. The summed E-state index contributed by atoms with van der Waals surface area (Å²) in [6, 6.07) is 11.8. The molecule has 0 atom stereocenters. The van der Waals surface area contributed by atoms with E-state index in [1.807, 2.05) is 23.1 Å². The van der Waals surface area contributed by atoms with Gasteiger partial charge in [0.1, 0.15) is 11.5 Å². The molecule has 1 saturated heterocycles. The number of piperazine rings is 1. The van der Waals surface area contributed by atoms with E-state index < -0.39 is 0 Å². The average Bonchev–Trinajstić information content (AvgIpc) is 2.94. The molecule has 0 saturated carbocycles. The van der Waals surface area contributed by atoms with Crippen molar-refractivity contribution in [2.45, 2.75) is 0 Å². The molecule has 1 aliphatic heterocycles. The molecule has 3 rings (SSSR count). The van der Waals surface area contributed by atoms with Crippen molar-refractivity contribution in [2.75, 3.05) is 36.8 Å². The third-order valence-electron chi connectivity index (χ3n) is 3.52. The summed E-state index contributed by atoms with van der Waals surface area (Å²) < 4.78 is 0. The molecular weight excluding hydrogens is 254 g/mol. The third kappa shape index (κ3) is 2.45. The predicted molar refractivity (Wildman–Crippen MR) is 77.6 cm³/mol. The number of aromatic nitrogens is 2. The Morgan fingerprint density at radius 2 is 1.85 bits per heavy atom. The van der Waals surface area contributed by atoms with E-state index in [4.69, 9.17) is 5.73 Å². The molecule has 104 valence electrons. The van der Waals surface area contributed by atoms with Gasteiger partial charge in [-0.05, 0) is 12.1 Å². The molecule has 6 nitrogen and oxygen atoms in total. The zero-order valence-electron chi connectivity index (χ0n) is 11.1. The number of hydrogen-bond donors (Lipinski definition) is 2. The number of carbonyl (C=O) groups excluding carboxylic acids is 1. The molecule has 1 fully saturated rings. The predicted octanol–water partition coefficient (Wildman–Crippen LogP) is 0.954. The zero-order chi connectivity index (χ0) is 13.9. The van der Waals surface area contributed by atoms with E-state index in [-0.39, 0.29) is 5.91 Å². The van der Waals surface area contributed by atoms with E-state index in [0.717, 1.165) is 13.1 Å². The van der Waals surface area contributed by atoms with Crippen LogP contribution in [0.1, 0.15) is 10.5 Å². The Balaban J connectivity index is 1.63. The molecule has 20 heavy (non-hydrogen) atoms. The summed E-state index contributed by atoms with van der Waals surface area (Å²) in [7, 11) is 0. The van der Waals surface area contributed by atoms with Crippen LogP contribution < -0.4 is 10.6 Å². The number of nitrogens with one attached hydrogen (secondary N) is 1. The van der Waals surface area contributed by atoms with Gasteiger partial charge in [-0.15, -0.1) is 0 Å². The van der Waals surface area contributed by atoms with Crippen molar-refractivity contribution in [1.29, 1.82) is 0 Å². The molecular formula is C14H17N5O. The zero-order valence-corrected chi connectivity index (χ0v) is 11.1. The minimum absolute atomic E-state index is 0.0399. The summed E-state index contributed by atoms with van der Waals surface area (Å²) in [6.07, 6.45) is 0. The molecule has 0 bridgehead atoms. The minimum Gasteiger partial charge on any atom is -0.382 e. The first-order valence-electron chi connectivity index (χ1n) is 6.64. The lowest BCUT2D eigenvalue weighted by Gasteiger charge is -2.35. The highest BCUT2D eigenvalue weighted by molar-refractivity contribution is 5.93. The van der Waals surface area contributed by atoms with E-state index >= 15 is 0 Å². The van der Waals surface area contributed by atoms with Crippen LogP contribution in [0.15, 0.2) is 36.4 Å². The highest BCUT2D eigenvalue weighted by atomic mass is 16.2.